The molecule has 0 aromatic heterocycles. The van der Waals surface area contributed by atoms with Crippen molar-refractivity contribution < 1.29 is 0 Å². The topological polar surface area (TPSA) is 3.24 Å². The zero-order chi connectivity index (χ0) is 48.0. The monoisotopic (exact) mass is 917 g/mol. The molecule has 11 aromatic rings. The van der Waals surface area contributed by atoms with Crippen LogP contribution in [-0.4, -0.2) is 0 Å². The van der Waals surface area contributed by atoms with Crippen LogP contribution in [0.5, 0.6) is 0 Å². The molecule has 0 fully saturated rings. The molecule has 3 aliphatic carbocycles. The number of hydrogen-bond acceptors (Lipinski definition) is 1. The number of rotatable bonds is 8. The SMILES string of the molecule is CC1(c2ccccc2)c2ccccc2-c2ccc(N(c3ccc(-c4cccc5c4-c4ccccc4C5(C)c4ccccc4)cc3)c3ccc4c(c3)C(c3ccccc3)(c3ccccc3)c3ccccc3-4)cc21. The van der Waals surface area contributed by atoms with Crippen LogP contribution in [0.2, 0.25) is 0 Å². The highest BCUT2D eigenvalue weighted by Gasteiger charge is 2.47. The van der Waals surface area contributed by atoms with Crippen LogP contribution >= 0.6 is 0 Å². The van der Waals surface area contributed by atoms with Gasteiger partial charge in [-0.05, 0) is 150 Å². The molecule has 2 atom stereocenters. The standard InChI is InChI=1S/C71H51N/c1-69(49-22-7-3-8-23-49)63-35-19-17-32-61(63)68-56(33-21-37-65(68)69)48-38-40-53(41-39-48)72(54-42-44-59-57-30-15-18-34-62(57)70(2,66(59)46-54)50-24-9-4-10-25-50)55-43-45-60-58-31-16-20-36-64(58)71(67(60)47-55,51-26-11-5-12-27-51)52-28-13-6-14-29-52/h3-47H,1-2H3. The molecule has 0 amide bonds. The van der Waals surface area contributed by atoms with E-state index in [0.29, 0.717) is 0 Å². The lowest BCUT2D eigenvalue weighted by Crippen LogP contribution is -2.28. The van der Waals surface area contributed by atoms with Crippen LogP contribution in [0.1, 0.15) is 69.5 Å². The Morgan fingerprint density at radius 2 is 0.625 bits per heavy atom. The van der Waals surface area contributed by atoms with Crippen LogP contribution in [0.4, 0.5) is 17.1 Å². The summed E-state index contributed by atoms with van der Waals surface area (Å²) in [7, 11) is 0. The summed E-state index contributed by atoms with van der Waals surface area (Å²) in [6.07, 6.45) is 0. The van der Waals surface area contributed by atoms with Crippen molar-refractivity contribution in [3.63, 3.8) is 0 Å². The molecule has 2 unspecified atom stereocenters. The Morgan fingerprint density at radius 3 is 1.19 bits per heavy atom. The van der Waals surface area contributed by atoms with E-state index >= 15 is 0 Å². The average molecular weight is 918 g/mol. The van der Waals surface area contributed by atoms with Crippen LogP contribution in [0.15, 0.2) is 273 Å². The van der Waals surface area contributed by atoms with Gasteiger partial charge in [0.15, 0.2) is 0 Å². The van der Waals surface area contributed by atoms with E-state index in [1.54, 1.807) is 0 Å². The van der Waals surface area contributed by atoms with Gasteiger partial charge in [0.1, 0.15) is 0 Å². The molecule has 1 nitrogen and oxygen atoms in total. The Hall–Kier alpha value is -8.78. The summed E-state index contributed by atoms with van der Waals surface area (Å²) in [5.74, 6) is 0. The summed E-state index contributed by atoms with van der Waals surface area (Å²) < 4.78 is 0. The summed E-state index contributed by atoms with van der Waals surface area (Å²) in [6.45, 7) is 4.81. The summed E-state index contributed by atoms with van der Waals surface area (Å²) in [5.41, 5.74) is 25.4. The molecule has 0 saturated carbocycles. The third-order valence-electron chi connectivity index (χ3n) is 16.7. The van der Waals surface area contributed by atoms with Crippen molar-refractivity contribution in [1.82, 2.24) is 0 Å². The maximum absolute atomic E-state index is 2.50. The minimum atomic E-state index is -0.538. The minimum absolute atomic E-state index is 0.274. The lowest BCUT2D eigenvalue weighted by molar-refractivity contribution is 0.714. The maximum Gasteiger partial charge on any atom is 0.0714 e. The van der Waals surface area contributed by atoms with Gasteiger partial charge < -0.3 is 4.90 Å². The first-order chi connectivity index (χ1) is 35.5. The van der Waals surface area contributed by atoms with Crippen molar-refractivity contribution in [2.75, 3.05) is 4.90 Å². The first-order valence-corrected chi connectivity index (χ1v) is 25.3. The van der Waals surface area contributed by atoms with E-state index in [1.807, 2.05) is 0 Å². The number of nitrogens with zero attached hydrogens (tertiary/aromatic N) is 1. The number of anilines is 3. The molecule has 0 N–H and O–H groups in total. The van der Waals surface area contributed by atoms with Gasteiger partial charge in [0, 0.05) is 27.9 Å². The van der Waals surface area contributed by atoms with Gasteiger partial charge in [0.2, 0.25) is 0 Å². The second-order valence-corrected chi connectivity index (χ2v) is 20.2. The molecule has 72 heavy (non-hydrogen) atoms. The molecular formula is C71H51N. The fourth-order valence-electron chi connectivity index (χ4n) is 13.4. The van der Waals surface area contributed by atoms with E-state index in [0.717, 1.165) is 17.1 Å². The minimum Gasteiger partial charge on any atom is -0.310 e. The summed E-state index contributed by atoms with van der Waals surface area (Å²) in [6, 6.07) is 102. The Balaban J connectivity index is 0.983. The van der Waals surface area contributed by atoms with Crippen LogP contribution in [0.25, 0.3) is 44.5 Å². The predicted molar refractivity (Wildman–Crippen MR) is 299 cm³/mol. The van der Waals surface area contributed by atoms with Crippen molar-refractivity contribution >= 4 is 17.1 Å². The van der Waals surface area contributed by atoms with E-state index < -0.39 is 5.41 Å². The average Bonchev–Trinajstić information content (AvgIpc) is 4.02. The van der Waals surface area contributed by atoms with Crippen molar-refractivity contribution in [2.24, 2.45) is 0 Å². The smallest absolute Gasteiger partial charge is 0.0714 e. The molecular weight excluding hydrogens is 867 g/mol. The first-order valence-electron chi connectivity index (χ1n) is 25.3. The summed E-state index contributed by atoms with van der Waals surface area (Å²) >= 11 is 0. The molecule has 14 rings (SSSR count). The summed E-state index contributed by atoms with van der Waals surface area (Å²) in [4.78, 5) is 2.50. The fourth-order valence-corrected chi connectivity index (χ4v) is 13.4. The van der Waals surface area contributed by atoms with Crippen molar-refractivity contribution in [2.45, 2.75) is 30.1 Å². The highest BCUT2D eigenvalue weighted by molar-refractivity contribution is 5.95. The largest absolute Gasteiger partial charge is 0.310 e. The third kappa shape index (κ3) is 5.89. The Kier molecular flexibility index (Phi) is 9.44. The highest BCUT2D eigenvalue weighted by atomic mass is 15.1. The van der Waals surface area contributed by atoms with E-state index in [4.69, 9.17) is 0 Å². The number of benzene rings is 11. The second kappa shape index (κ2) is 16.1. The zero-order valence-electron chi connectivity index (χ0n) is 40.4. The first kappa shape index (κ1) is 42.1. The molecule has 0 bridgehead atoms. The number of fused-ring (bicyclic) bond motifs is 9. The van der Waals surface area contributed by atoms with Crippen LogP contribution in [-0.2, 0) is 16.2 Å². The third-order valence-corrected chi connectivity index (χ3v) is 16.7. The van der Waals surface area contributed by atoms with Gasteiger partial charge in [-0.3, -0.25) is 0 Å². The van der Waals surface area contributed by atoms with Gasteiger partial charge in [0.05, 0.1) is 5.41 Å². The molecule has 3 aliphatic rings. The molecule has 340 valence electrons. The molecule has 0 aliphatic heterocycles. The Bertz CT molecular complexity index is 3840. The van der Waals surface area contributed by atoms with Crippen LogP contribution < -0.4 is 4.90 Å². The highest BCUT2D eigenvalue weighted by Crippen LogP contribution is 2.59. The molecule has 0 heterocycles. The quantitative estimate of drug-likeness (QED) is 0.147. The maximum atomic E-state index is 2.50. The molecule has 0 radical (unpaired) electrons. The number of hydrogen-bond donors (Lipinski definition) is 0. The Labute approximate surface area is 423 Å². The van der Waals surface area contributed by atoms with E-state index in [2.05, 4.69) is 292 Å². The molecule has 0 spiro atoms. The van der Waals surface area contributed by atoms with Crippen molar-refractivity contribution in [3.05, 3.63) is 329 Å². The second-order valence-electron chi connectivity index (χ2n) is 20.2. The molecule has 1 heteroatoms. The predicted octanol–water partition coefficient (Wildman–Crippen LogP) is 17.9. The lowest BCUT2D eigenvalue weighted by Gasteiger charge is -2.35. The van der Waals surface area contributed by atoms with Gasteiger partial charge in [-0.25, -0.2) is 0 Å². The Morgan fingerprint density at radius 1 is 0.250 bits per heavy atom. The zero-order valence-corrected chi connectivity index (χ0v) is 40.4. The lowest BCUT2D eigenvalue weighted by atomic mass is 9.67. The van der Waals surface area contributed by atoms with Crippen molar-refractivity contribution in [1.29, 1.82) is 0 Å². The van der Waals surface area contributed by atoms with E-state index in [1.165, 1.54) is 100 Å². The fraction of sp³-hybridized carbons (Fsp3) is 0.0704. The van der Waals surface area contributed by atoms with Crippen LogP contribution in [0.3, 0.4) is 0 Å². The molecule has 0 saturated heterocycles. The normalized spacial score (nSPS) is 17.2. The van der Waals surface area contributed by atoms with Gasteiger partial charge >= 0.3 is 0 Å². The van der Waals surface area contributed by atoms with Gasteiger partial charge in [-0.15, -0.1) is 0 Å². The van der Waals surface area contributed by atoms with Crippen LogP contribution in [0, 0.1) is 0 Å². The van der Waals surface area contributed by atoms with Gasteiger partial charge in [-0.2, -0.15) is 0 Å². The van der Waals surface area contributed by atoms with E-state index in [9.17, 15) is 0 Å². The summed E-state index contributed by atoms with van der Waals surface area (Å²) in [5, 5.41) is 0. The van der Waals surface area contributed by atoms with E-state index in [-0.39, 0.29) is 10.8 Å². The van der Waals surface area contributed by atoms with Crippen molar-refractivity contribution in [3.8, 4) is 44.5 Å². The van der Waals surface area contributed by atoms with Gasteiger partial charge in [0.25, 0.3) is 0 Å². The van der Waals surface area contributed by atoms with Gasteiger partial charge in [-0.1, -0.05) is 237 Å². The molecule has 11 aromatic carbocycles.